The Kier molecular flexibility index (Phi) is 4.12. The molecule has 1 aliphatic heterocycles. The summed E-state index contributed by atoms with van der Waals surface area (Å²) in [4.78, 5) is 0. The molecule has 0 radical (unpaired) electrons. The van der Waals surface area contributed by atoms with Gasteiger partial charge in [-0.05, 0) is 42.3 Å². The molecule has 3 rings (SSSR count). The van der Waals surface area contributed by atoms with Gasteiger partial charge >= 0.3 is 0 Å². The Balaban J connectivity index is 1.72. The molecule has 0 bridgehead atoms. The van der Waals surface area contributed by atoms with E-state index in [9.17, 15) is 4.39 Å². The number of hydrogen-bond acceptors (Lipinski definition) is 3. The fraction of sp³-hybridized carbons (Fsp3) is 0.250. The van der Waals surface area contributed by atoms with Gasteiger partial charge in [-0.1, -0.05) is 28.1 Å². The molecule has 0 saturated carbocycles. The van der Waals surface area contributed by atoms with Crippen LogP contribution in [-0.2, 0) is 6.42 Å². The number of nitrogens with two attached hydrogens (primary N) is 1. The summed E-state index contributed by atoms with van der Waals surface area (Å²) in [5, 5.41) is 0. The van der Waals surface area contributed by atoms with Crippen LogP contribution in [0.2, 0.25) is 0 Å². The first-order valence-electron chi connectivity index (χ1n) is 6.71. The van der Waals surface area contributed by atoms with Crippen molar-refractivity contribution in [2.24, 2.45) is 5.73 Å². The van der Waals surface area contributed by atoms with Crippen LogP contribution in [0, 0.1) is 5.82 Å². The van der Waals surface area contributed by atoms with Gasteiger partial charge in [-0.15, -0.1) is 0 Å². The molecule has 21 heavy (non-hydrogen) atoms. The van der Waals surface area contributed by atoms with Crippen molar-refractivity contribution in [3.05, 3.63) is 58.3 Å². The van der Waals surface area contributed by atoms with Crippen LogP contribution in [0.5, 0.6) is 11.5 Å². The van der Waals surface area contributed by atoms with Crippen LogP contribution in [0.25, 0.3) is 0 Å². The first-order valence-corrected chi connectivity index (χ1v) is 7.51. The number of hydrogen-bond donors (Lipinski definition) is 1. The number of halogens is 2. The normalized spacial score (nSPS) is 18.3. The second-order valence-corrected chi connectivity index (χ2v) is 5.87. The van der Waals surface area contributed by atoms with E-state index in [0.717, 1.165) is 15.8 Å². The summed E-state index contributed by atoms with van der Waals surface area (Å²) in [5.41, 5.74) is 7.03. The minimum absolute atomic E-state index is 0.255. The van der Waals surface area contributed by atoms with E-state index in [1.54, 1.807) is 6.07 Å². The highest BCUT2D eigenvalue weighted by Crippen LogP contribution is 2.32. The van der Waals surface area contributed by atoms with Crippen LogP contribution < -0.4 is 15.2 Å². The highest BCUT2D eigenvalue weighted by atomic mass is 79.9. The molecule has 110 valence electrons. The molecule has 1 heterocycles. The molecule has 2 aromatic rings. The Morgan fingerprint density at radius 3 is 2.81 bits per heavy atom. The first kappa shape index (κ1) is 14.4. The zero-order chi connectivity index (χ0) is 14.8. The van der Waals surface area contributed by atoms with E-state index in [1.807, 2.05) is 24.3 Å². The minimum Gasteiger partial charge on any atom is -0.486 e. The van der Waals surface area contributed by atoms with Crippen molar-refractivity contribution in [1.82, 2.24) is 0 Å². The zero-order valence-corrected chi connectivity index (χ0v) is 12.8. The standard InChI is InChI=1S/C16H15BrFNO2/c17-12-6-5-11(18)7-10(12)8-13(19)16-9-20-14-3-1-2-4-15(14)21-16/h1-7,13,16H,8-9,19H2. The van der Waals surface area contributed by atoms with Crippen molar-refractivity contribution >= 4 is 15.9 Å². The van der Waals surface area contributed by atoms with Crippen LogP contribution in [0.1, 0.15) is 5.56 Å². The maximum atomic E-state index is 13.3. The number of ether oxygens (including phenoxy) is 2. The second-order valence-electron chi connectivity index (χ2n) is 5.02. The number of fused-ring (bicyclic) bond motifs is 1. The third kappa shape index (κ3) is 3.19. The Morgan fingerprint density at radius 1 is 1.24 bits per heavy atom. The highest BCUT2D eigenvalue weighted by Gasteiger charge is 2.27. The summed E-state index contributed by atoms with van der Waals surface area (Å²) in [6, 6.07) is 11.8. The molecule has 0 fully saturated rings. The van der Waals surface area contributed by atoms with Gasteiger partial charge in [0, 0.05) is 10.5 Å². The van der Waals surface area contributed by atoms with Crippen molar-refractivity contribution in [2.75, 3.05) is 6.61 Å². The molecule has 0 aliphatic carbocycles. The maximum Gasteiger partial charge on any atom is 0.161 e. The van der Waals surface area contributed by atoms with E-state index in [4.69, 9.17) is 15.2 Å². The average molecular weight is 352 g/mol. The van der Waals surface area contributed by atoms with Gasteiger partial charge < -0.3 is 15.2 Å². The summed E-state index contributed by atoms with van der Waals surface area (Å²) < 4.78 is 25.7. The average Bonchev–Trinajstić information content (AvgIpc) is 2.50. The highest BCUT2D eigenvalue weighted by molar-refractivity contribution is 9.10. The Bertz CT molecular complexity index is 650. The van der Waals surface area contributed by atoms with Gasteiger partial charge in [-0.2, -0.15) is 0 Å². The lowest BCUT2D eigenvalue weighted by Crippen LogP contribution is -2.46. The second kappa shape index (κ2) is 6.03. The van der Waals surface area contributed by atoms with Crippen LogP contribution >= 0.6 is 15.9 Å². The lowest BCUT2D eigenvalue weighted by Gasteiger charge is -2.30. The summed E-state index contributed by atoms with van der Waals surface area (Å²) in [6.45, 7) is 0.394. The van der Waals surface area contributed by atoms with Gasteiger partial charge in [0.1, 0.15) is 18.5 Å². The van der Waals surface area contributed by atoms with Crippen LogP contribution in [-0.4, -0.2) is 18.8 Å². The van der Waals surface area contributed by atoms with Crippen molar-refractivity contribution in [3.8, 4) is 11.5 Å². The smallest absolute Gasteiger partial charge is 0.161 e. The molecule has 2 atom stereocenters. The maximum absolute atomic E-state index is 13.3. The van der Waals surface area contributed by atoms with Gasteiger partial charge in [-0.25, -0.2) is 4.39 Å². The fourth-order valence-electron chi connectivity index (χ4n) is 2.33. The first-order chi connectivity index (χ1) is 10.1. The lowest BCUT2D eigenvalue weighted by molar-refractivity contribution is 0.0722. The van der Waals surface area contributed by atoms with E-state index in [2.05, 4.69) is 15.9 Å². The Labute approximate surface area is 131 Å². The molecular weight excluding hydrogens is 337 g/mol. The van der Waals surface area contributed by atoms with Crippen LogP contribution in [0.15, 0.2) is 46.9 Å². The van der Waals surface area contributed by atoms with Crippen LogP contribution in [0.3, 0.4) is 0 Å². The quantitative estimate of drug-likeness (QED) is 0.922. The van der Waals surface area contributed by atoms with Gasteiger partial charge in [0.15, 0.2) is 11.5 Å². The van der Waals surface area contributed by atoms with Crippen LogP contribution in [0.4, 0.5) is 4.39 Å². The summed E-state index contributed by atoms with van der Waals surface area (Å²) in [6.07, 6.45) is 0.254. The molecule has 0 aromatic heterocycles. The number of rotatable bonds is 3. The summed E-state index contributed by atoms with van der Waals surface area (Å²) in [7, 11) is 0. The number of para-hydroxylation sites is 2. The summed E-state index contributed by atoms with van der Waals surface area (Å²) >= 11 is 3.41. The van der Waals surface area contributed by atoms with E-state index in [-0.39, 0.29) is 18.0 Å². The monoisotopic (exact) mass is 351 g/mol. The molecule has 2 aromatic carbocycles. The van der Waals surface area contributed by atoms with Gasteiger partial charge in [-0.3, -0.25) is 0 Å². The molecule has 5 heteroatoms. The minimum atomic E-state index is -0.281. The Hall–Kier alpha value is -1.59. The zero-order valence-electron chi connectivity index (χ0n) is 11.3. The van der Waals surface area contributed by atoms with Gasteiger partial charge in [0.05, 0.1) is 0 Å². The molecular formula is C16H15BrFNO2. The topological polar surface area (TPSA) is 44.5 Å². The molecule has 0 amide bonds. The van der Waals surface area contributed by atoms with Crippen molar-refractivity contribution in [3.63, 3.8) is 0 Å². The van der Waals surface area contributed by atoms with Gasteiger partial charge in [0.2, 0.25) is 0 Å². The molecule has 3 nitrogen and oxygen atoms in total. The molecule has 0 saturated heterocycles. The fourth-order valence-corrected chi connectivity index (χ4v) is 2.74. The Morgan fingerprint density at radius 2 is 2.00 bits per heavy atom. The SMILES string of the molecule is NC(Cc1cc(F)ccc1Br)C1COc2ccccc2O1. The van der Waals surface area contributed by atoms with E-state index in [0.29, 0.717) is 18.8 Å². The predicted molar refractivity (Wildman–Crippen MR) is 82.1 cm³/mol. The predicted octanol–water partition coefficient (Wildman–Crippen LogP) is 3.30. The van der Waals surface area contributed by atoms with E-state index in [1.165, 1.54) is 12.1 Å². The lowest BCUT2D eigenvalue weighted by atomic mass is 10.0. The summed E-state index contributed by atoms with van der Waals surface area (Å²) in [5.74, 6) is 1.15. The third-order valence-electron chi connectivity index (χ3n) is 3.47. The van der Waals surface area contributed by atoms with E-state index >= 15 is 0 Å². The molecule has 0 spiro atoms. The van der Waals surface area contributed by atoms with Crippen molar-refractivity contribution < 1.29 is 13.9 Å². The van der Waals surface area contributed by atoms with E-state index < -0.39 is 0 Å². The molecule has 2 unspecified atom stereocenters. The van der Waals surface area contributed by atoms with Crippen molar-refractivity contribution in [2.45, 2.75) is 18.6 Å². The molecule has 1 aliphatic rings. The van der Waals surface area contributed by atoms with Crippen molar-refractivity contribution in [1.29, 1.82) is 0 Å². The number of benzene rings is 2. The largest absolute Gasteiger partial charge is 0.486 e. The van der Waals surface area contributed by atoms with Gasteiger partial charge in [0.25, 0.3) is 0 Å². The molecule has 2 N–H and O–H groups in total. The third-order valence-corrected chi connectivity index (χ3v) is 4.25.